The van der Waals surface area contributed by atoms with Crippen molar-refractivity contribution in [2.45, 2.75) is 39.5 Å². The Morgan fingerprint density at radius 1 is 1.28 bits per heavy atom. The van der Waals surface area contributed by atoms with E-state index < -0.39 is 15.3 Å². The van der Waals surface area contributed by atoms with E-state index in [1.807, 2.05) is 34.6 Å². The third kappa shape index (κ3) is 7.78. The molecule has 1 aromatic carbocycles. The van der Waals surface area contributed by atoms with Crippen LogP contribution in [0.3, 0.4) is 0 Å². The Balaban J connectivity index is 2.86. The van der Waals surface area contributed by atoms with Gasteiger partial charge in [-0.15, -0.1) is 0 Å². The molecule has 0 saturated carbocycles. The van der Waals surface area contributed by atoms with Crippen molar-refractivity contribution in [1.82, 2.24) is 4.90 Å². The number of rotatable bonds is 11. The van der Waals surface area contributed by atoms with Gasteiger partial charge in [0.2, 0.25) is 5.91 Å². The van der Waals surface area contributed by atoms with Gasteiger partial charge >= 0.3 is 0 Å². The molecule has 0 aromatic heterocycles. The molecule has 29 heavy (non-hydrogen) atoms. The van der Waals surface area contributed by atoms with Crippen LogP contribution in [0.5, 0.6) is 5.75 Å². The molecule has 1 rings (SSSR count). The van der Waals surface area contributed by atoms with Crippen molar-refractivity contribution in [2.75, 3.05) is 32.0 Å². The summed E-state index contributed by atoms with van der Waals surface area (Å²) < 4.78 is 43.7. The van der Waals surface area contributed by atoms with Crippen molar-refractivity contribution < 1.29 is 22.3 Å². The standard InChI is InChI=1S/C21H33FN2O4S/c1-6-24(20(25)16(2)3)14-21(4,5)15-29(26,27)19-9-7-18(8-10-19)28-13-17(11-22)12-23/h7-11,16H,6,12-15,23H2,1-5H3. The molecule has 0 fully saturated rings. The van der Waals surface area contributed by atoms with Crippen LogP contribution in [0.25, 0.3) is 0 Å². The van der Waals surface area contributed by atoms with E-state index in [0.29, 0.717) is 30.7 Å². The van der Waals surface area contributed by atoms with Crippen molar-refractivity contribution in [1.29, 1.82) is 0 Å². The molecule has 0 radical (unpaired) electrons. The van der Waals surface area contributed by atoms with Crippen molar-refractivity contribution in [3.63, 3.8) is 0 Å². The molecule has 0 heterocycles. The summed E-state index contributed by atoms with van der Waals surface area (Å²) in [6.07, 6.45) is 0.407. The van der Waals surface area contributed by atoms with Crippen LogP contribution in [0.2, 0.25) is 0 Å². The minimum atomic E-state index is -3.56. The van der Waals surface area contributed by atoms with Crippen LogP contribution in [0.1, 0.15) is 34.6 Å². The van der Waals surface area contributed by atoms with Crippen LogP contribution < -0.4 is 10.5 Å². The molecule has 1 amide bonds. The third-order valence-electron chi connectivity index (χ3n) is 4.41. The Labute approximate surface area is 173 Å². The molecule has 0 atom stereocenters. The number of carbonyl (C=O) groups excluding carboxylic acids is 1. The molecule has 0 aliphatic rings. The molecule has 8 heteroatoms. The lowest BCUT2D eigenvalue weighted by Gasteiger charge is -2.33. The largest absolute Gasteiger partial charge is 0.489 e. The van der Waals surface area contributed by atoms with Crippen LogP contribution in [-0.2, 0) is 14.6 Å². The van der Waals surface area contributed by atoms with Gasteiger partial charge in [0.25, 0.3) is 0 Å². The van der Waals surface area contributed by atoms with Crippen molar-refractivity contribution in [2.24, 2.45) is 17.1 Å². The maximum absolute atomic E-state index is 12.9. The number of halogens is 1. The quantitative estimate of drug-likeness (QED) is 0.585. The van der Waals surface area contributed by atoms with E-state index in [4.69, 9.17) is 10.5 Å². The summed E-state index contributed by atoms with van der Waals surface area (Å²) in [7, 11) is -3.56. The fourth-order valence-corrected chi connectivity index (χ4v) is 4.76. The van der Waals surface area contributed by atoms with Gasteiger partial charge in [0.15, 0.2) is 9.84 Å². The number of amides is 1. The fourth-order valence-electron chi connectivity index (χ4n) is 2.92. The molecule has 0 aliphatic carbocycles. The highest BCUT2D eigenvalue weighted by molar-refractivity contribution is 7.91. The lowest BCUT2D eigenvalue weighted by atomic mass is 9.95. The molecule has 0 saturated heterocycles. The Morgan fingerprint density at radius 2 is 1.86 bits per heavy atom. The number of hydrogen-bond donors (Lipinski definition) is 1. The van der Waals surface area contributed by atoms with Crippen LogP contribution in [0.15, 0.2) is 41.1 Å². The van der Waals surface area contributed by atoms with Gasteiger partial charge in [-0.2, -0.15) is 0 Å². The maximum Gasteiger partial charge on any atom is 0.225 e. The molecular formula is C21H33FN2O4S. The lowest BCUT2D eigenvalue weighted by molar-refractivity contribution is -0.135. The first kappa shape index (κ1) is 25.1. The van der Waals surface area contributed by atoms with Crippen LogP contribution in [0.4, 0.5) is 4.39 Å². The van der Waals surface area contributed by atoms with Crippen molar-refractivity contribution in [3.05, 3.63) is 36.2 Å². The number of hydrogen-bond acceptors (Lipinski definition) is 5. The van der Waals surface area contributed by atoms with Gasteiger partial charge in [0, 0.05) is 31.1 Å². The van der Waals surface area contributed by atoms with Gasteiger partial charge in [-0.3, -0.25) is 4.79 Å². The minimum absolute atomic E-state index is 0.00284. The second kappa shape index (κ2) is 10.7. The molecule has 0 spiro atoms. The first-order valence-corrected chi connectivity index (χ1v) is 11.3. The SMILES string of the molecule is CCN(CC(C)(C)CS(=O)(=O)c1ccc(OCC(=CF)CN)cc1)C(=O)C(C)C. The Kier molecular flexibility index (Phi) is 9.29. The van der Waals surface area contributed by atoms with Gasteiger partial charge in [-0.05, 0) is 36.6 Å². The Morgan fingerprint density at radius 3 is 2.31 bits per heavy atom. The number of benzene rings is 1. The van der Waals surface area contributed by atoms with Crippen molar-refractivity contribution in [3.8, 4) is 5.75 Å². The third-order valence-corrected chi connectivity index (χ3v) is 6.56. The van der Waals surface area contributed by atoms with Crippen LogP contribution in [0, 0.1) is 11.3 Å². The summed E-state index contributed by atoms with van der Waals surface area (Å²) in [5.74, 6) is 0.209. The second-order valence-corrected chi connectivity index (χ2v) is 10.2. The zero-order valence-electron chi connectivity index (χ0n) is 17.9. The van der Waals surface area contributed by atoms with E-state index >= 15 is 0 Å². The predicted octanol–water partition coefficient (Wildman–Crippen LogP) is 3.18. The normalized spacial score (nSPS) is 12.9. The Bertz CT molecular complexity index is 802. The first-order valence-electron chi connectivity index (χ1n) is 9.68. The van der Waals surface area contributed by atoms with E-state index in [-0.39, 0.29) is 35.6 Å². The summed E-state index contributed by atoms with van der Waals surface area (Å²) in [4.78, 5) is 14.2. The maximum atomic E-state index is 12.9. The van der Waals surface area contributed by atoms with E-state index in [0.717, 1.165) is 0 Å². The Hall–Kier alpha value is -1.93. The van der Waals surface area contributed by atoms with Gasteiger partial charge < -0.3 is 15.4 Å². The number of ether oxygens (including phenoxy) is 1. The molecular weight excluding hydrogens is 395 g/mol. The summed E-state index contributed by atoms with van der Waals surface area (Å²) in [5, 5.41) is 0. The van der Waals surface area contributed by atoms with Gasteiger partial charge in [-0.25, -0.2) is 12.8 Å². The summed E-state index contributed by atoms with van der Waals surface area (Å²) in [6, 6.07) is 6.01. The topological polar surface area (TPSA) is 89.7 Å². The summed E-state index contributed by atoms with van der Waals surface area (Å²) in [5.41, 5.74) is 5.07. The van der Waals surface area contributed by atoms with Crippen LogP contribution >= 0.6 is 0 Å². The molecule has 1 aromatic rings. The van der Waals surface area contributed by atoms with E-state index in [1.165, 1.54) is 24.3 Å². The van der Waals surface area contributed by atoms with Gasteiger partial charge in [0.1, 0.15) is 12.4 Å². The number of nitrogens with two attached hydrogens (primary N) is 1. The van der Waals surface area contributed by atoms with Gasteiger partial charge in [-0.1, -0.05) is 27.7 Å². The number of carbonyl (C=O) groups is 1. The highest BCUT2D eigenvalue weighted by Crippen LogP contribution is 2.26. The monoisotopic (exact) mass is 428 g/mol. The molecule has 6 nitrogen and oxygen atoms in total. The smallest absolute Gasteiger partial charge is 0.225 e. The molecule has 0 aliphatic heterocycles. The molecule has 164 valence electrons. The predicted molar refractivity (Wildman–Crippen MR) is 113 cm³/mol. The average molecular weight is 429 g/mol. The van der Waals surface area contributed by atoms with E-state index in [9.17, 15) is 17.6 Å². The fraction of sp³-hybridized carbons (Fsp3) is 0.571. The second-order valence-electron chi connectivity index (χ2n) is 8.16. The lowest BCUT2D eigenvalue weighted by Crippen LogP contribution is -2.43. The number of sulfone groups is 1. The van der Waals surface area contributed by atoms with Crippen LogP contribution in [-0.4, -0.2) is 51.2 Å². The minimum Gasteiger partial charge on any atom is -0.489 e. The molecule has 0 bridgehead atoms. The van der Waals surface area contributed by atoms with Crippen molar-refractivity contribution >= 4 is 15.7 Å². The molecule has 2 N–H and O–H groups in total. The average Bonchev–Trinajstić information content (AvgIpc) is 2.65. The summed E-state index contributed by atoms with van der Waals surface area (Å²) in [6.45, 7) is 10.2. The first-order chi connectivity index (χ1) is 13.5. The highest BCUT2D eigenvalue weighted by Gasteiger charge is 2.31. The molecule has 0 unspecified atom stereocenters. The zero-order chi connectivity index (χ0) is 22.2. The highest BCUT2D eigenvalue weighted by atomic mass is 32.2. The van der Waals surface area contributed by atoms with E-state index in [1.54, 1.807) is 4.90 Å². The van der Waals surface area contributed by atoms with Gasteiger partial charge in [0.05, 0.1) is 17.0 Å². The summed E-state index contributed by atoms with van der Waals surface area (Å²) >= 11 is 0. The zero-order valence-corrected chi connectivity index (χ0v) is 18.8. The number of nitrogens with zero attached hydrogens (tertiary/aromatic N) is 1. The van der Waals surface area contributed by atoms with E-state index in [2.05, 4.69) is 0 Å².